The van der Waals surface area contributed by atoms with Gasteiger partial charge in [0.05, 0.1) is 33.2 Å². The predicted molar refractivity (Wildman–Crippen MR) is 110 cm³/mol. The Morgan fingerprint density at radius 1 is 0.966 bits per heavy atom. The molecule has 7 nitrogen and oxygen atoms in total. The summed E-state index contributed by atoms with van der Waals surface area (Å²) in [5.41, 5.74) is 2.06. The van der Waals surface area contributed by atoms with E-state index in [-0.39, 0.29) is 11.6 Å². The third-order valence-corrected chi connectivity index (χ3v) is 4.61. The number of ether oxygens (including phenoxy) is 3. The topological polar surface area (TPSA) is 65.8 Å². The average Bonchev–Trinajstić information content (AvgIpc) is 3.22. The Hall–Kier alpha value is -3.48. The lowest BCUT2D eigenvalue weighted by atomic mass is 10.1. The molecular weight excluding hydrogens is 370 g/mol. The van der Waals surface area contributed by atoms with Crippen LogP contribution in [0.3, 0.4) is 0 Å². The molecule has 0 saturated heterocycles. The van der Waals surface area contributed by atoms with Crippen molar-refractivity contribution in [2.45, 2.75) is 13.5 Å². The van der Waals surface area contributed by atoms with Gasteiger partial charge in [0.15, 0.2) is 22.9 Å². The van der Waals surface area contributed by atoms with E-state index in [9.17, 15) is 4.79 Å². The van der Waals surface area contributed by atoms with Gasteiger partial charge >= 0.3 is 0 Å². The highest BCUT2D eigenvalue weighted by Crippen LogP contribution is 2.28. The van der Waals surface area contributed by atoms with Crippen molar-refractivity contribution in [1.29, 1.82) is 0 Å². The first-order chi connectivity index (χ1) is 14.1. The smallest absolute Gasteiger partial charge is 0.278 e. The zero-order valence-electron chi connectivity index (χ0n) is 17.1. The van der Waals surface area contributed by atoms with Crippen molar-refractivity contribution in [3.8, 4) is 22.9 Å². The molecule has 1 amide bonds. The zero-order chi connectivity index (χ0) is 20.8. The van der Waals surface area contributed by atoms with Gasteiger partial charge in [0, 0.05) is 13.1 Å². The summed E-state index contributed by atoms with van der Waals surface area (Å²) in [5.74, 6) is 1.51. The van der Waals surface area contributed by atoms with Gasteiger partial charge in [-0.2, -0.15) is 5.10 Å². The van der Waals surface area contributed by atoms with Crippen molar-refractivity contribution in [2.24, 2.45) is 0 Å². The van der Waals surface area contributed by atoms with Crippen LogP contribution in [0.25, 0.3) is 5.69 Å². The maximum atomic E-state index is 13.2. The Kier molecular flexibility index (Phi) is 6.39. The van der Waals surface area contributed by atoms with Crippen LogP contribution in [0.1, 0.15) is 23.0 Å². The number of benzene rings is 2. The summed E-state index contributed by atoms with van der Waals surface area (Å²) in [7, 11) is 4.72. The molecule has 0 aliphatic carbocycles. The van der Waals surface area contributed by atoms with Crippen LogP contribution in [-0.4, -0.2) is 48.5 Å². The predicted octanol–water partition coefficient (Wildman–Crippen LogP) is 3.56. The van der Waals surface area contributed by atoms with Gasteiger partial charge in [0.1, 0.15) is 0 Å². The molecule has 0 N–H and O–H groups in total. The van der Waals surface area contributed by atoms with Crippen LogP contribution >= 0.6 is 0 Å². The Morgan fingerprint density at radius 3 is 2.28 bits per heavy atom. The van der Waals surface area contributed by atoms with E-state index in [1.807, 2.05) is 55.5 Å². The number of para-hydroxylation sites is 1. The van der Waals surface area contributed by atoms with Gasteiger partial charge in [-0.15, -0.1) is 0 Å². The molecule has 7 heteroatoms. The molecule has 0 aliphatic rings. The van der Waals surface area contributed by atoms with Gasteiger partial charge < -0.3 is 19.1 Å². The maximum Gasteiger partial charge on any atom is 0.278 e. The van der Waals surface area contributed by atoms with E-state index in [1.165, 1.54) is 7.11 Å². The molecule has 0 fully saturated rings. The minimum Gasteiger partial charge on any atom is -0.493 e. The van der Waals surface area contributed by atoms with Crippen LogP contribution in [0.4, 0.5) is 0 Å². The minimum atomic E-state index is -0.200. The number of carbonyl (C=O) groups excluding carboxylic acids is 1. The van der Waals surface area contributed by atoms with E-state index >= 15 is 0 Å². The second-order valence-corrected chi connectivity index (χ2v) is 6.33. The Bertz CT molecular complexity index is 969. The number of hydrogen-bond acceptors (Lipinski definition) is 5. The second-order valence-electron chi connectivity index (χ2n) is 6.33. The van der Waals surface area contributed by atoms with E-state index in [1.54, 1.807) is 30.0 Å². The quantitative estimate of drug-likeness (QED) is 0.583. The molecule has 0 radical (unpaired) electrons. The highest BCUT2D eigenvalue weighted by Gasteiger charge is 2.23. The van der Waals surface area contributed by atoms with Gasteiger partial charge in [0.2, 0.25) is 0 Å². The van der Waals surface area contributed by atoms with Crippen LogP contribution in [0.15, 0.2) is 54.7 Å². The summed E-state index contributed by atoms with van der Waals surface area (Å²) in [6.07, 6.45) is 1.72. The van der Waals surface area contributed by atoms with E-state index < -0.39 is 0 Å². The van der Waals surface area contributed by atoms with Crippen molar-refractivity contribution in [3.63, 3.8) is 0 Å². The molecule has 3 rings (SSSR count). The molecule has 0 unspecified atom stereocenters. The highest BCUT2D eigenvalue weighted by atomic mass is 16.5. The molecule has 2 aromatic carbocycles. The van der Waals surface area contributed by atoms with Crippen molar-refractivity contribution in [3.05, 3.63) is 66.0 Å². The lowest BCUT2D eigenvalue weighted by Gasteiger charge is -2.21. The lowest BCUT2D eigenvalue weighted by molar-refractivity contribution is 0.0742. The zero-order valence-corrected chi connectivity index (χ0v) is 17.1. The summed E-state index contributed by atoms with van der Waals surface area (Å²) in [5, 5.41) is 4.48. The molecular formula is C22H25N3O4. The third kappa shape index (κ3) is 4.34. The van der Waals surface area contributed by atoms with Gasteiger partial charge in [-0.3, -0.25) is 4.79 Å². The molecule has 29 heavy (non-hydrogen) atoms. The molecule has 0 aliphatic heterocycles. The van der Waals surface area contributed by atoms with Crippen LogP contribution in [-0.2, 0) is 6.54 Å². The van der Waals surface area contributed by atoms with Gasteiger partial charge in [0.25, 0.3) is 5.91 Å². The van der Waals surface area contributed by atoms with Gasteiger partial charge in [-0.1, -0.05) is 24.3 Å². The van der Waals surface area contributed by atoms with E-state index in [4.69, 9.17) is 14.2 Å². The molecule has 1 heterocycles. The van der Waals surface area contributed by atoms with Crippen molar-refractivity contribution < 1.29 is 19.0 Å². The number of amides is 1. The SMILES string of the molecule is CCN(Cc1ccc(OC)c(OC)c1)C(=O)c1nn(-c2ccccc2)cc1OC. The van der Waals surface area contributed by atoms with Crippen LogP contribution in [0.2, 0.25) is 0 Å². The first-order valence-electron chi connectivity index (χ1n) is 9.30. The highest BCUT2D eigenvalue weighted by molar-refractivity contribution is 5.95. The molecule has 0 saturated carbocycles. The fraction of sp³-hybridized carbons (Fsp3) is 0.273. The monoisotopic (exact) mass is 395 g/mol. The largest absolute Gasteiger partial charge is 0.493 e. The summed E-state index contributed by atoms with van der Waals surface area (Å²) in [6.45, 7) is 2.87. The van der Waals surface area contributed by atoms with Gasteiger partial charge in [-0.25, -0.2) is 4.68 Å². The molecule has 1 aromatic heterocycles. The average molecular weight is 395 g/mol. The fourth-order valence-corrected chi connectivity index (χ4v) is 3.04. The van der Waals surface area contributed by atoms with Crippen LogP contribution in [0.5, 0.6) is 17.2 Å². The van der Waals surface area contributed by atoms with E-state index in [2.05, 4.69) is 5.10 Å². The summed E-state index contributed by atoms with van der Waals surface area (Å²) in [6, 6.07) is 15.2. The van der Waals surface area contributed by atoms with Crippen LogP contribution in [0, 0.1) is 0 Å². The third-order valence-electron chi connectivity index (χ3n) is 4.61. The number of aromatic nitrogens is 2. The summed E-state index contributed by atoms with van der Waals surface area (Å²) >= 11 is 0. The Labute approximate surface area is 170 Å². The van der Waals surface area contributed by atoms with E-state index in [0.29, 0.717) is 30.3 Å². The normalized spacial score (nSPS) is 10.5. The van der Waals surface area contributed by atoms with Crippen molar-refractivity contribution in [1.82, 2.24) is 14.7 Å². The summed E-state index contributed by atoms with van der Waals surface area (Å²) < 4.78 is 17.7. The molecule has 3 aromatic rings. The number of carbonyl (C=O) groups is 1. The Balaban J connectivity index is 1.87. The van der Waals surface area contributed by atoms with E-state index in [0.717, 1.165) is 11.3 Å². The minimum absolute atomic E-state index is 0.200. The first kappa shape index (κ1) is 20.3. The summed E-state index contributed by atoms with van der Waals surface area (Å²) in [4.78, 5) is 14.9. The maximum absolute atomic E-state index is 13.2. The number of hydrogen-bond donors (Lipinski definition) is 0. The van der Waals surface area contributed by atoms with Gasteiger partial charge in [-0.05, 0) is 36.8 Å². The van der Waals surface area contributed by atoms with Crippen molar-refractivity contribution in [2.75, 3.05) is 27.9 Å². The number of methoxy groups -OCH3 is 3. The molecule has 0 atom stereocenters. The Morgan fingerprint density at radius 2 is 1.66 bits per heavy atom. The lowest BCUT2D eigenvalue weighted by Crippen LogP contribution is -2.31. The molecule has 152 valence electrons. The van der Waals surface area contributed by atoms with Crippen LogP contribution < -0.4 is 14.2 Å². The molecule has 0 spiro atoms. The standard InChI is InChI=1S/C22H25N3O4/c1-5-24(14-16-11-12-18(27-2)19(13-16)28-3)22(26)21-20(29-4)15-25(23-21)17-9-7-6-8-10-17/h6-13,15H,5,14H2,1-4H3. The second kappa shape index (κ2) is 9.14. The fourth-order valence-electron chi connectivity index (χ4n) is 3.04. The number of nitrogens with zero attached hydrogens (tertiary/aromatic N) is 3. The van der Waals surface area contributed by atoms with Crippen molar-refractivity contribution >= 4 is 5.91 Å². The molecule has 0 bridgehead atoms. The first-order valence-corrected chi connectivity index (χ1v) is 9.30. The number of rotatable bonds is 8.